The van der Waals surface area contributed by atoms with Crippen molar-refractivity contribution in [1.82, 2.24) is 0 Å². The summed E-state index contributed by atoms with van der Waals surface area (Å²) in [5, 5.41) is 12.5. The molecule has 0 radical (unpaired) electrons. The summed E-state index contributed by atoms with van der Waals surface area (Å²) in [6.45, 7) is 10.5. The Bertz CT molecular complexity index is 997. The van der Waals surface area contributed by atoms with Gasteiger partial charge in [-0.15, -0.1) is 0 Å². The van der Waals surface area contributed by atoms with Crippen LogP contribution in [0, 0.1) is 0 Å². The number of rotatable bonds is 8. The quantitative estimate of drug-likeness (QED) is 0.195. The van der Waals surface area contributed by atoms with Crippen molar-refractivity contribution in [3.05, 3.63) is 59.7 Å². The lowest BCUT2D eigenvalue weighted by Crippen LogP contribution is -2.42. The Morgan fingerprint density at radius 1 is 1.09 bits per heavy atom. The second kappa shape index (κ2) is 10.1. The van der Waals surface area contributed by atoms with Gasteiger partial charge in [0, 0.05) is 6.42 Å². The van der Waals surface area contributed by atoms with Gasteiger partial charge in [0.15, 0.2) is 8.32 Å². The third-order valence-electron chi connectivity index (χ3n) is 5.99. The second-order valence-electron chi connectivity index (χ2n) is 9.58. The molecule has 1 unspecified atom stereocenters. The molecular formula is C24H31F3N2O3Si. The van der Waals surface area contributed by atoms with Crippen LogP contribution < -0.4 is 5.73 Å². The van der Waals surface area contributed by atoms with E-state index in [0.717, 1.165) is 23.3 Å². The Hall–Kier alpha value is -2.65. The van der Waals surface area contributed by atoms with Gasteiger partial charge in [0.05, 0.1) is 23.8 Å². The maximum absolute atomic E-state index is 12.9. The van der Waals surface area contributed by atoms with Gasteiger partial charge in [-0.3, -0.25) is 4.79 Å². The minimum absolute atomic E-state index is 0.101. The molecule has 0 aliphatic carbocycles. The molecule has 0 heterocycles. The predicted octanol–water partition coefficient (Wildman–Crippen LogP) is 6.53. The zero-order valence-corrected chi connectivity index (χ0v) is 20.5. The molecule has 0 aliphatic heterocycles. The van der Waals surface area contributed by atoms with Crippen LogP contribution in [-0.4, -0.2) is 25.1 Å². The van der Waals surface area contributed by atoms with E-state index in [2.05, 4.69) is 39.0 Å². The molecule has 0 fully saturated rings. The lowest BCUT2D eigenvalue weighted by molar-refractivity contribution is -0.137. The molecule has 1 atom stereocenters. The zero-order chi connectivity index (χ0) is 25.0. The monoisotopic (exact) mass is 480 g/mol. The molecule has 3 N–H and O–H groups in total. The Balaban J connectivity index is 2.45. The summed E-state index contributed by atoms with van der Waals surface area (Å²) in [6, 6.07) is 12.3. The number of primary amides is 1. The van der Waals surface area contributed by atoms with Crippen molar-refractivity contribution in [2.24, 2.45) is 10.9 Å². The van der Waals surface area contributed by atoms with E-state index in [1.807, 2.05) is 12.1 Å². The van der Waals surface area contributed by atoms with E-state index in [4.69, 9.17) is 10.2 Å². The summed E-state index contributed by atoms with van der Waals surface area (Å²) in [4.78, 5) is 11.4. The number of amides is 1. The Kier molecular flexibility index (Phi) is 8.13. The molecule has 1 amide bonds. The topological polar surface area (TPSA) is 84.9 Å². The highest BCUT2D eigenvalue weighted by molar-refractivity contribution is 6.74. The average Bonchev–Trinajstić information content (AvgIpc) is 2.71. The van der Waals surface area contributed by atoms with Gasteiger partial charge in [0.2, 0.25) is 5.91 Å². The van der Waals surface area contributed by atoms with Crippen LogP contribution in [0.5, 0.6) is 0 Å². The molecule has 2 rings (SSSR count). The van der Waals surface area contributed by atoms with Crippen molar-refractivity contribution in [2.75, 3.05) is 0 Å². The van der Waals surface area contributed by atoms with Crippen molar-refractivity contribution in [1.29, 1.82) is 0 Å². The van der Waals surface area contributed by atoms with E-state index in [1.165, 1.54) is 12.1 Å². The predicted molar refractivity (Wildman–Crippen MR) is 126 cm³/mol. The Morgan fingerprint density at radius 3 is 2.18 bits per heavy atom. The SMILES string of the molecule is CC(C)(C)[Si](C)(C)OC(C/C(CC(N)=O)=N/O)c1cccc(-c2ccc(C(F)(F)F)cc2)c1. The van der Waals surface area contributed by atoms with Crippen molar-refractivity contribution < 1.29 is 27.6 Å². The third-order valence-corrected chi connectivity index (χ3v) is 10.5. The van der Waals surface area contributed by atoms with Crippen LogP contribution in [0.2, 0.25) is 18.1 Å². The van der Waals surface area contributed by atoms with E-state index in [0.29, 0.717) is 5.56 Å². The highest BCUT2D eigenvalue weighted by Crippen LogP contribution is 2.41. The first-order valence-corrected chi connectivity index (χ1v) is 13.5. The molecule has 0 aromatic heterocycles. The summed E-state index contributed by atoms with van der Waals surface area (Å²) >= 11 is 0. The number of carbonyl (C=O) groups excluding carboxylic acids is 1. The first kappa shape index (κ1) is 26.6. The van der Waals surface area contributed by atoms with Crippen LogP contribution in [-0.2, 0) is 15.4 Å². The fourth-order valence-electron chi connectivity index (χ4n) is 3.09. The molecule has 5 nitrogen and oxygen atoms in total. The molecule has 33 heavy (non-hydrogen) atoms. The lowest BCUT2D eigenvalue weighted by Gasteiger charge is -2.39. The van der Waals surface area contributed by atoms with E-state index in [-0.39, 0.29) is 23.6 Å². The van der Waals surface area contributed by atoms with E-state index < -0.39 is 32.1 Å². The molecule has 180 valence electrons. The number of oxime groups is 1. The Labute approximate surface area is 193 Å². The fraction of sp³-hybridized carbons (Fsp3) is 0.417. The first-order chi connectivity index (χ1) is 15.1. The van der Waals surface area contributed by atoms with Gasteiger partial charge in [-0.05, 0) is 53.0 Å². The number of alkyl halides is 3. The number of nitrogens with zero attached hydrogens (tertiary/aromatic N) is 1. The van der Waals surface area contributed by atoms with Crippen LogP contribution >= 0.6 is 0 Å². The standard InChI is InChI=1S/C24H31F3N2O3Si/c1-23(2,3)33(4,5)32-21(14-20(29-31)15-22(28)30)18-8-6-7-17(13-18)16-9-11-19(12-10-16)24(25,26)27/h6-13,21,31H,14-15H2,1-5H3,(H2,28,30)/b29-20-. The van der Waals surface area contributed by atoms with Gasteiger partial charge in [-0.25, -0.2) is 0 Å². The summed E-state index contributed by atoms with van der Waals surface area (Å²) < 4.78 is 45.3. The number of nitrogens with two attached hydrogens (primary N) is 1. The largest absolute Gasteiger partial charge is 0.416 e. The maximum Gasteiger partial charge on any atom is 0.416 e. The number of carbonyl (C=O) groups is 1. The average molecular weight is 481 g/mol. The lowest BCUT2D eigenvalue weighted by atomic mass is 9.97. The molecule has 0 saturated carbocycles. The van der Waals surface area contributed by atoms with Crippen LogP contribution in [0.4, 0.5) is 13.2 Å². The maximum atomic E-state index is 12.9. The van der Waals surface area contributed by atoms with Crippen LogP contribution in [0.25, 0.3) is 11.1 Å². The highest BCUT2D eigenvalue weighted by Gasteiger charge is 2.40. The zero-order valence-electron chi connectivity index (χ0n) is 19.5. The summed E-state index contributed by atoms with van der Waals surface area (Å²) in [6.07, 6.45) is -4.97. The molecule has 0 spiro atoms. The van der Waals surface area contributed by atoms with Crippen molar-refractivity contribution in [3.63, 3.8) is 0 Å². The smallest absolute Gasteiger partial charge is 0.411 e. The molecule has 9 heteroatoms. The third kappa shape index (κ3) is 7.16. The summed E-state index contributed by atoms with van der Waals surface area (Å²) in [5.74, 6) is -0.618. The molecule has 0 saturated heterocycles. The molecular weight excluding hydrogens is 449 g/mol. The van der Waals surface area contributed by atoms with Crippen LogP contribution in [0.15, 0.2) is 53.7 Å². The van der Waals surface area contributed by atoms with Gasteiger partial charge in [-0.2, -0.15) is 13.2 Å². The number of hydrogen-bond donors (Lipinski definition) is 2. The van der Waals surface area contributed by atoms with E-state index >= 15 is 0 Å². The minimum atomic E-state index is -4.40. The van der Waals surface area contributed by atoms with Gasteiger partial charge in [-0.1, -0.05) is 56.3 Å². The molecule has 2 aromatic carbocycles. The van der Waals surface area contributed by atoms with Gasteiger partial charge in [0.25, 0.3) is 0 Å². The van der Waals surface area contributed by atoms with Crippen molar-refractivity contribution in [2.45, 2.75) is 64.0 Å². The molecule has 0 aliphatic rings. The normalized spacial score (nSPS) is 14.2. The minimum Gasteiger partial charge on any atom is -0.411 e. The van der Waals surface area contributed by atoms with Gasteiger partial charge >= 0.3 is 6.18 Å². The molecule has 0 bridgehead atoms. The second-order valence-corrected chi connectivity index (χ2v) is 14.3. The van der Waals surface area contributed by atoms with Gasteiger partial charge in [0.1, 0.15) is 0 Å². The first-order valence-electron chi connectivity index (χ1n) is 10.6. The van der Waals surface area contributed by atoms with Crippen molar-refractivity contribution >= 4 is 19.9 Å². The van der Waals surface area contributed by atoms with Gasteiger partial charge < -0.3 is 15.4 Å². The highest BCUT2D eigenvalue weighted by atomic mass is 28.4. The summed E-state index contributed by atoms with van der Waals surface area (Å²) in [7, 11) is -2.27. The number of hydrogen-bond acceptors (Lipinski definition) is 4. The molecule has 2 aromatic rings. The fourth-order valence-corrected chi connectivity index (χ4v) is 4.38. The van der Waals surface area contributed by atoms with Crippen LogP contribution in [0.3, 0.4) is 0 Å². The number of benzene rings is 2. The van der Waals surface area contributed by atoms with Crippen molar-refractivity contribution in [3.8, 4) is 11.1 Å². The Morgan fingerprint density at radius 2 is 1.70 bits per heavy atom. The van der Waals surface area contributed by atoms with Crippen LogP contribution in [0.1, 0.15) is 50.8 Å². The summed E-state index contributed by atoms with van der Waals surface area (Å²) in [5.41, 5.74) is 6.89. The number of halogens is 3. The van der Waals surface area contributed by atoms with E-state index in [9.17, 15) is 23.2 Å². The van der Waals surface area contributed by atoms with E-state index in [1.54, 1.807) is 12.1 Å².